The number of piperidine rings is 1. The van der Waals surface area contributed by atoms with Gasteiger partial charge >= 0.3 is 5.97 Å². The van der Waals surface area contributed by atoms with E-state index in [9.17, 15) is 14.5 Å². The molecule has 0 aromatic carbocycles. The Kier molecular flexibility index (Phi) is 4.20. The van der Waals surface area contributed by atoms with Gasteiger partial charge in [0, 0.05) is 13.0 Å². The molecule has 1 aliphatic rings. The van der Waals surface area contributed by atoms with E-state index in [1.54, 1.807) is 0 Å². The largest absolute Gasteiger partial charge is 0.479 e. The smallest absolute Gasteiger partial charge is 0.348 e. The summed E-state index contributed by atoms with van der Waals surface area (Å²) in [6, 6.07) is 0. The molecule has 1 aliphatic heterocycles. The first-order chi connectivity index (χ1) is 6.98. The zero-order valence-corrected chi connectivity index (χ0v) is 9.61. The van der Waals surface area contributed by atoms with Gasteiger partial charge in [0.1, 0.15) is 0 Å². The third kappa shape index (κ3) is 3.23. The Hall–Kier alpha value is -0.510. The fraction of sp³-hybridized carbons (Fsp3) is 0.889. The monoisotopic (exact) mass is 233 g/mol. The highest BCUT2D eigenvalue weighted by Gasteiger charge is 2.40. The van der Waals surface area contributed by atoms with E-state index < -0.39 is 19.8 Å². The molecule has 0 spiro atoms. The van der Waals surface area contributed by atoms with Crippen LogP contribution >= 0.6 is 8.46 Å². The molecule has 0 aliphatic carbocycles. The van der Waals surface area contributed by atoms with Crippen LogP contribution in [0.1, 0.15) is 19.3 Å². The van der Waals surface area contributed by atoms with Crippen molar-refractivity contribution in [3.63, 3.8) is 0 Å². The Balaban J connectivity index is 2.58. The maximum Gasteiger partial charge on any atom is 0.348 e. The van der Waals surface area contributed by atoms with Gasteiger partial charge in [0.05, 0.1) is 0 Å². The van der Waals surface area contributed by atoms with Crippen LogP contribution in [0, 0.1) is 5.92 Å². The highest BCUT2D eigenvalue weighted by atomic mass is 31.1. The van der Waals surface area contributed by atoms with Crippen molar-refractivity contribution in [1.29, 1.82) is 0 Å². The Bertz CT molecular complexity index is 260. The van der Waals surface area contributed by atoms with Gasteiger partial charge in [0.15, 0.2) is 0 Å². The van der Waals surface area contributed by atoms with Gasteiger partial charge in [-0.2, -0.15) is 0 Å². The molecule has 2 atom stereocenters. The molecule has 0 aromatic heterocycles. The quantitative estimate of drug-likeness (QED) is 0.702. The number of aliphatic carboxylic acids is 1. The second-order valence-corrected chi connectivity index (χ2v) is 5.11. The molecule has 6 heteroatoms. The zero-order chi connectivity index (χ0) is 11.5. The second kappa shape index (κ2) is 5.01. The Morgan fingerprint density at radius 1 is 1.67 bits per heavy atom. The molecule has 0 amide bonds. The average Bonchev–Trinajstić information content (AvgIpc) is 2.17. The summed E-state index contributed by atoms with van der Waals surface area (Å²) in [4.78, 5) is 12.8. The molecule has 1 fully saturated rings. The maximum absolute atomic E-state index is 10.7. The number of carbonyl (C=O) groups is 1. The number of nitrogens with zero attached hydrogens (tertiary/aromatic N) is 1. The van der Waals surface area contributed by atoms with Gasteiger partial charge < -0.3 is 15.1 Å². The van der Waals surface area contributed by atoms with Crippen LogP contribution in [0.25, 0.3) is 0 Å². The number of hydrogen-bond donors (Lipinski definition) is 2. The first kappa shape index (κ1) is 12.6. The molecular weight excluding hydrogens is 217 g/mol. The average molecular weight is 233 g/mol. The van der Waals surface area contributed by atoms with Crippen molar-refractivity contribution >= 4 is 14.4 Å². The van der Waals surface area contributed by atoms with Gasteiger partial charge in [-0.05, 0) is 32.4 Å². The molecule has 2 N–H and O–H groups in total. The lowest BCUT2D eigenvalue weighted by Crippen LogP contribution is -2.40. The van der Waals surface area contributed by atoms with Gasteiger partial charge in [0.2, 0.25) is 13.8 Å². The summed E-state index contributed by atoms with van der Waals surface area (Å²) < 4.78 is 10.7. The van der Waals surface area contributed by atoms with Crippen LogP contribution < -0.4 is 0 Å². The minimum Gasteiger partial charge on any atom is -0.479 e. The van der Waals surface area contributed by atoms with Crippen LogP contribution in [0.4, 0.5) is 0 Å². The number of rotatable bonds is 4. The minimum atomic E-state index is -2.11. The number of hydrogen-bond acceptors (Lipinski definition) is 4. The van der Waals surface area contributed by atoms with Crippen LogP contribution in [0.2, 0.25) is 0 Å². The summed E-state index contributed by atoms with van der Waals surface area (Å²) in [6.07, 6.45) is 1.93. The fourth-order valence-electron chi connectivity index (χ4n) is 2.01. The van der Waals surface area contributed by atoms with E-state index in [4.69, 9.17) is 5.11 Å². The third-order valence-corrected chi connectivity index (χ3v) is 3.46. The lowest BCUT2D eigenvalue weighted by atomic mass is 9.92. The van der Waals surface area contributed by atoms with Gasteiger partial charge in [-0.25, -0.2) is 4.79 Å². The van der Waals surface area contributed by atoms with E-state index in [1.807, 2.05) is 7.05 Å². The zero-order valence-electron chi connectivity index (χ0n) is 8.72. The predicted octanol–water partition coefficient (Wildman–Crippen LogP) is 0.783. The van der Waals surface area contributed by atoms with Crippen molar-refractivity contribution < 1.29 is 19.6 Å². The van der Waals surface area contributed by atoms with Gasteiger partial charge in [-0.15, -0.1) is 0 Å². The Morgan fingerprint density at radius 2 is 2.33 bits per heavy atom. The first-order valence-corrected chi connectivity index (χ1v) is 5.78. The summed E-state index contributed by atoms with van der Waals surface area (Å²) in [6.45, 7) is 1.75. The number of aliphatic hydroxyl groups is 1. The number of carboxylic acids is 1. The van der Waals surface area contributed by atoms with Gasteiger partial charge in [-0.3, -0.25) is 4.57 Å². The molecule has 0 radical (unpaired) electrons. The first-order valence-electron chi connectivity index (χ1n) is 4.97. The van der Waals surface area contributed by atoms with Crippen molar-refractivity contribution in [3.05, 3.63) is 0 Å². The topological polar surface area (TPSA) is 77.8 Å². The van der Waals surface area contributed by atoms with E-state index in [0.29, 0.717) is 0 Å². The molecule has 15 heavy (non-hydrogen) atoms. The van der Waals surface area contributed by atoms with E-state index in [1.165, 1.54) is 0 Å². The van der Waals surface area contributed by atoms with Crippen LogP contribution in [0.15, 0.2) is 0 Å². The summed E-state index contributed by atoms with van der Waals surface area (Å²) in [5.74, 6) is -1.31. The molecule has 5 nitrogen and oxygen atoms in total. The fourth-order valence-corrected chi connectivity index (χ4v) is 2.42. The van der Waals surface area contributed by atoms with Crippen molar-refractivity contribution in [2.24, 2.45) is 5.92 Å². The third-order valence-electron chi connectivity index (χ3n) is 2.79. The SMILES string of the molecule is CN1CCCC(CC(O)(P=O)C(=O)O)C1. The molecule has 86 valence electrons. The maximum atomic E-state index is 10.7. The lowest BCUT2D eigenvalue weighted by molar-refractivity contribution is -0.151. The van der Waals surface area contributed by atoms with Crippen LogP contribution in [-0.4, -0.2) is 46.6 Å². The second-order valence-electron chi connectivity index (χ2n) is 4.19. The van der Waals surface area contributed by atoms with Crippen molar-refractivity contribution in [1.82, 2.24) is 4.90 Å². The van der Waals surface area contributed by atoms with Crippen molar-refractivity contribution in [2.75, 3.05) is 20.1 Å². The lowest BCUT2D eigenvalue weighted by Gasteiger charge is -2.31. The summed E-state index contributed by atoms with van der Waals surface area (Å²) >= 11 is 0. The van der Waals surface area contributed by atoms with Gasteiger partial charge in [0.25, 0.3) is 0 Å². The summed E-state index contributed by atoms with van der Waals surface area (Å²) in [5, 5.41) is 16.2. The molecule has 2 unspecified atom stereocenters. The molecule has 0 bridgehead atoms. The predicted molar refractivity (Wildman–Crippen MR) is 55.0 cm³/mol. The van der Waals surface area contributed by atoms with Crippen molar-refractivity contribution in [3.8, 4) is 0 Å². The van der Waals surface area contributed by atoms with Crippen LogP contribution in [0.5, 0.6) is 0 Å². The van der Waals surface area contributed by atoms with E-state index >= 15 is 0 Å². The van der Waals surface area contributed by atoms with E-state index in [2.05, 4.69) is 4.90 Å². The Labute approximate surface area is 90.3 Å². The molecule has 0 aromatic rings. The Morgan fingerprint density at radius 3 is 2.80 bits per heavy atom. The molecule has 1 heterocycles. The van der Waals surface area contributed by atoms with Crippen LogP contribution in [-0.2, 0) is 9.36 Å². The molecular formula is C9H16NO4P. The summed E-state index contributed by atoms with van der Waals surface area (Å²) in [5.41, 5.74) is 0. The highest BCUT2D eigenvalue weighted by molar-refractivity contribution is 7.27. The van der Waals surface area contributed by atoms with E-state index in [0.717, 1.165) is 25.9 Å². The number of likely N-dealkylation sites (tertiary alicyclic amines) is 1. The normalized spacial score (nSPS) is 27.5. The molecule has 1 saturated heterocycles. The number of carboxylic acid groups (broad SMARTS) is 1. The van der Waals surface area contributed by atoms with E-state index in [-0.39, 0.29) is 12.3 Å². The standard InChI is InChI=1S/C9H16NO4P/c1-10-4-2-3-7(6-10)5-9(13,15-14)8(11)12/h7,13H,2-6H2,1H3,(H,11,12). The summed E-state index contributed by atoms with van der Waals surface area (Å²) in [7, 11) is 1.23. The molecule has 1 rings (SSSR count). The highest BCUT2D eigenvalue weighted by Crippen LogP contribution is 2.32. The van der Waals surface area contributed by atoms with Crippen molar-refractivity contribution in [2.45, 2.75) is 24.6 Å². The minimum absolute atomic E-state index is 0.0533. The van der Waals surface area contributed by atoms with Crippen LogP contribution in [0.3, 0.4) is 0 Å². The van der Waals surface area contributed by atoms with Gasteiger partial charge in [-0.1, -0.05) is 0 Å². The molecule has 0 saturated carbocycles.